The van der Waals surface area contributed by atoms with Crippen molar-refractivity contribution in [3.63, 3.8) is 0 Å². The summed E-state index contributed by atoms with van der Waals surface area (Å²) in [6, 6.07) is 1.50. The monoisotopic (exact) mass is 342 g/mol. The number of hydrogen-bond donors (Lipinski definition) is 0. The van der Waals surface area contributed by atoms with Crippen molar-refractivity contribution in [2.24, 2.45) is 0 Å². The van der Waals surface area contributed by atoms with Gasteiger partial charge >= 0.3 is 0 Å². The number of carbonyl (C=O) groups is 1. The molecule has 1 aliphatic heterocycles. The molecule has 130 valence electrons. The Morgan fingerprint density at radius 3 is 2.52 bits per heavy atom. The second-order valence-corrected chi connectivity index (χ2v) is 8.66. The molecule has 1 aromatic heterocycles. The van der Waals surface area contributed by atoms with Crippen LogP contribution in [0.5, 0.6) is 0 Å². The third-order valence-electron chi connectivity index (χ3n) is 4.25. The van der Waals surface area contributed by atoms with Gasteiger partial charge in [0.2, 0.25) is 0 Å². The molecule has 1 atom stereocenters. The second kappa shape index (κ2) is 7.05. The number of amides is 1. The first-order valence-corrected chi connectivity index (χ1v) is 9.81. The molecule has 1 aliphatic rings. The molecule has 7 heteroatoms. The van der Waals surface area contributed by atoms with Crippen LogP contribution in [0.1, 0.15) is 35.2 Å². The molecule has 2 heterocycles. The predicted molar refractivity (Wildman–Crippen MR) is 89.5 cm³/mol. The molecule has 0 saturated carbocycles. The Balaban J connectivity index is 2.23. The van der Waals surface area contributed by atoms with E-state index in [4.69, 9.17) is 4.42 Å². The summed E-state index contributed by atoms with van der Waals surface area (Å²) < 4.78 is 29.2. The molecule has 6 nitrogen and oxygen atoms in total. The van der Waals surface area contributed by atoms with Gasteiger partial charge in [-0.1, -0.05) is 6.92 Å². The van der Waals surface area contributed by atoms with Crippen LogP contribution >= 0.6 is 0 Å². The zero-order chi connectivity index (χ0) is 17.2. The molecule has 23 heavy (non-hydrogen) atoms. The summed E-state index contributed by atoms with van der Waals surface area (Å²) in [6.45, 7) is 5.08. The van der Waals surface area contributed by atoms with Crippen molar-refractivity contribution >= 4 is 15.7 Å². The third kappa shape index (κ3) is 4.35. The number of sulfone groups is 1. The molecule has 0 unspecified atom stereocenters. The van der Waals surface area contributed by atoms with E-state index >= 15 is 0 Å². The average Bonchev–Trinajstić information content (AvgIpc) is 3.01. The minimum atomic E-state index is -3.04. The summed E-state index contributed by atoms with van der Waals surface area (Å²) in [6.07, 6.45) is 1.23. The van der Waals surface area contributed by atoms with E-state index in [-0.39, 0.29) is 23.5 Å². The molecule has 2 rings (SSSR count). The fraction of sp³-hybridized carbons (Fsp3) is 0.688. The van der Waals surface area contributed by atoms with Gasteiger partial charge in [0.1, 0.15) is 5.76 Å². The van der Waals surface area contributed by atoms with Gasteiger partial charge in [0.15, 0.2) is 15.6 Å². The van der Waals surface area contributed by atoms with E-state index < -0.39 is 9.84 Å². The van der Waals surface area contributed by atoms with Crippen molar-refractivity contribution in [2.75, 3.05) is 38.7 Å². The molecule has 0 bridgehead atoms. The molecule has 0 N–H and O–H groups in total. The van der Waals surface area contributed by atoms with E-state index in [0.717, 1.165) is 17.7 Å². The fourth-order valence-electron chi connectivity index (χ4n) is 2.90. The minimum Gasteiger partial charge on any atom is -0.456 e. The van der Waals surface area contributed by atoms with Crippen molar-refractivity contribution in [2.45, 2.75) is 32.7 Å². The molecule has 0 radical (unpaired) electrons. The maximum absolute atomic E-state index is 12.9. The Kier molecular flexibility index (Phi) is 5.52. The first-order valence-electron chi connectivity index (χ1n) is 7.99. The molecule has 0 aliphatic carbocycles. The lowest BCUT2D eigenvalue weighted by Crippen LogP contribution is -2.44. The van der Waals surface area contributed by atoms with Crippen molar-refractivity contribution in [3.05, 3.63) is 23.2 Å². The predicted octanol–water partition coefficient (Wildman–Crippen LogP) is 1.34. The zero-order valence-electron chi connectivity index (χ0n) is 14.3. The van der Waals surface area contributed by atoms with Crippen LogP contribution in [0, 0.1) is 6.92 Å². The maximum atomic E-state index is 12.9. The van der Waals surface area contributed by atoms with E-state index in [1.54, 1.807) is 11.0 Å². The first-order chi connectivity index (χ1) is 10.7. The van der Waals surface area contributed by atoms with E-state index in [0.29, 0.717) is 25.3 Å². The SMILES string of the molecule is CCc1oc(C(=O)N(CCN(C)C)[C@@H]2CCS(=O)(=O)C2)cc1C. The molecular weight excluding hydrogens is 316 g/mol. The average molecular weight is 342 g/mol. The third-order valence-corrected chi connectivity index (χ3v) is 6.00. The highest BCUT2D eigenvalue weighted by molar-refractivity contribution is 7.91. The minimum absolute atomic E-state index is 0.0481. The van der Waals surface area contributed by atoms with Gasteiger partial charge in [0, 0.05) is 25.6 Å². The summed E-state index contributed by atoms with van der Waals surface area (Å²) in [5.74, 6) is 1.10. The van der Waals surface area contributed by atoms with Crippen molar-refractivity contribution < 1.29 is 17.6 Å². The summed E-state index contributed by atoms with van der Waals surface area (Å²) in [7, 11) is 0.821. The van der Waals surface area contributed by atoms with Gasteiger partial charge in [-0.15, -0.1) is 0 Å². The fourth-order valence-corrected chi connectivity index (χ4v) is 4.63. The molecule has 0 spiro atoms. The van der Waals surface area contributed by atoms with E-state index in [2.05, 4.69) is 0 Å². The van der Waals surface area contributed by atoms with Gasteiger partial charge in [-0.05, 0) is 39.1 Å². The highest BCUT2D eigenvalue weighted by Crippen LogP contribution is 2.22. The van der Waals surface area contributed by atoms with Crippen molar-refractivity contribution in [3.8, 4) is 0 Å². The lowest BCUT2D eigenvalue weighted by Gasteiger charge is -2.28. The highest BCUT2D eigenvalue weighted by atomic mass is 32.2. The van der Waals surface area contributed by atoms with Crippen molar-refractivity contribution in [1.82, 2.24) is 9.80 Å². The largest absolute Gasteiger partial charge is 0.456 e. The molecule has 1 aromatic rings. The number of furan rings is 1. The Labute approximate surface area is 138 Å². The van der Waals surface area contributed by atoms with Gasteiger partial charge in [0.25, 0.3) is 5.91 Å². The van der Waals surface area contributed by atoms with E-state index in [9.17, 15) is 13.2 Å². The number of aryl methyl sites for hydroxylation is 2. The molecule has 1 amide bonds. The van der Waals surface area contributed by atoms with Gasteiger partial charge < -0.3 is 14.2 Å². The topological polar surface area (TPSA) is 70.8 Å². The van der Waals surface area contributed by atoms with Crippen LogP contribution in [-0.4, -0.2) is 68.9 Å². The molecular formula is C16H26N2O4S. The Morgan fingerprint density at radius 2 is 2.04 bits per heavy atom. The zero-order valence-corrected chi connectivity index (χ0v) is 15.1. The van der Waals surface area contributed by atoms with Crippen molar-refractivity contribution in [1.29, 1.82) is 0 Å². The number of likely N-dealkylation sites (N-methyl/N-ethyl adjacent to an activating group) is 1. The van der Waals surface area contributed by atoms with E-state index in [1.807, 2.05) is 32.8 Å². The molecule has 1 fully saturated rings. The normalized spacial score (nSPS) is 20.1. The number of nitrogens with zero attached hydrogens (tertiary/aromatic N) is 2. The summed E-state index contributed by atoms with van der Waals surface area (Å²) >= 11 is 0. The highest BCUT2D eigenvalue weighted by Gasteiger charge is 2.35. The van der Waals surface area contributed by atoms with Crippen LogP contribution in [0.25, 0.3) is 0 Å². The Hall–Kier alpha value is -1.34. The summed E-state index contributed by atoms with van der Waals surface area (Å²) in [5, 5.41) is 0. The molecule has 1 saturated heterocycles. The van der Waals surface area contributed by atoms with Crippen LogP contribution in [0.3, 0.4) is 0 Å². The second-order valence-electron chi connectivity index (χ2n) is 6.43. The lowest BCUT2D eigenvalue weighted by molar-refractivity contribution is 0.0649. The van der Waals surface area contributed by atoms with Gasteiger partial charge in [-0.25, -0.2) is 8.42 Å². The number of carbonyl (C=O) groups excluding carboxylic acids is 1. The quantitative estimate of drug-likeness (QED) is 0.780. The van der Waals surface area contributed by atoms with Gasteiger partial charge in [-0.2, -0.15) is 0 Å². The first kappa shape index (κ1) is 18.0. The lowest BCUT2D eigenvalue weighted by atomic mass is 10.2. The van der Waals surface area contributed by atoms with Gasteiger partial charge in [-0.3, -0.25) is 4.79 Å². The molecule has 0 aromatic carbocycles. The van der Waals surface area contributed by atoms with Crippen LogP contribution < -0.4 is 0 Å². The van der Waals surface area contributed by atoms with Crippen LogP contribution in [0.15, 0.2) is 10.5 Å². The Bertz CT molecular complexity index is 664. The summed E-state index contributed by atoms with van der Waals surface area (Å²) in [4.78, 5) is 16.5. The standard InChI is InChI=1S/C16H26N2O4S/c1-5-14-12(2)10-15(22-14)16(19)18(8-7-17(3)4)13-6-9-23(20,21)11-13/h10,13H,5-9,11H2,1-4H3/t13-/m1/s1. The summed E-state index contributed by atoms with van der Waals surface area (Å²) in [5.41, 5.74) is 0.961. The van der Waals surface area contributed by atoms with Crippen LogP contribution in [-0.2, 0) is 16.3 Å². The van der Waals surface area contributed by atoms with Crippen LogP contribution in [0.4, 0.5) is 0 Å². The van der Waals surface area contributed by atoms with Crippen LogP contribution in [0.2, 0.25) is 0 Å². The smallest absolute Gasteiger partial charge is 0.289 e. The van der Waals surface area contributed by atoms with Gasteiger partial charge in [0.05, 0.1) is 11.5 Å². The number of hydrogen-bond acceptors (Lipinski definition) is 5. The number of rotatable bonds is 6. The maximum Gasteiger partial charge on any atom is 0.289 e. The van der Waals surface area contributed by atoms with E-state index in [1.165, 1.54) is 0 Å². The Morgan fingerprint density at radius 1 is 1.35 bits per heavy atom.